The number of carbonyl (C=O) groups excluding carboxylic acids is 2. The summed E-state index contributed by atoms with van der Waals surface area (Å²) in [6, 6.07) is 1.86. The Kier molecular flexibility index (Phi) is 5.18. The number of phenols is 1. The summed E-state index contributed by atoms with van der Waals surface area (Å²) in [5.74, 6) is -3.03. The Hall–Kier alpha value is -2.08. The number of carbonyl (C=O) groups is 2. The van der Waals surface area contributed by atoms with Crippen molar-refractivity contribution in [2.75, 3.05) is 38.0 Å². The van der Waals surface area contributed by atoms with Crippen LogP contribution in [0, 0.1) is 5.82 Å². The van der Waals surface area contributed by atoms with Gasteiger partial charge in [0.2, 0.25) is 0 Å². The smallest absolute Gasteiger partial charge is 0.260 e. The van der Waals surface area contributed by atoms with Crippen LogP contribution in [0.5, 0.6) is 5.75 Å². The first-order valence-corrected chi connectivity index (χ1v) is 8.44. The molecule has 1 aromatic rings. The summed E-state index contributed by atoms with van der Waals surface area (Å²) in [4.78, 5) is 25.1. The molecule has 134 valence electrons. The number of nitrogens with zero attached hydrogens (tertiary/aromatic N) is 2. The topological polar surface area (TPSA) is 125 Å². The fraction of sp³-hybridized carbons (Fsp3) is 0.385. The van der Waals surface area contributed by atoms with E-state index < -0.39 is 46.6 Å². The van der Waals surface area contributed by atoms with Crippen molar-refractivity contribution in [1.82, 2.24) is 14.9 Å². The Labute approximate surface area is 139 Å². The zero-order valence-corrected chi connectivity index (χ0v) is 13.9. The van der Waals surface area contributed by atoms with E-state index >= 15 is 0 Å². The molecule has 1 saturated heterocycles. The Balaban J connectivity index is 2.23. The molecule has 2 rings (SSSR count). The molecule has 11 heteroatoms. The molecular formula is C13H19FN4O5S. The van der Waals surface area contributed by atoms with Gasteiger partial charge in [-0.2, -0.15) is 0 Å². The van der Waals surface area contributed by atoms with E-state index in [1.807, 2.05) is 23.7 Å². The first kappa shape index (κ1) is 18.3. The predicted octanol–water partition coefficient (Wildman–Crippen LogP) is 0.340. The third-order valence-corrected chi connectivity index (χ3v) is 4.67. The summed E-state index contributed by atoms with van der Waals surface area (Å²) in [6.07, 6.45) is 0. The van der Waals surface area contributed by atoms with Gasteiger partial charge in [-0.15, -0.1) is 0 Å². The highest BCUT2D eigenvalue weighted by molar-refractivity contribution is 8.24. The van der Waals surface area contributed by atoms with Crippen molar-refractivity contribution in [2.24, 2.45) is 0 Å². The van der Waals surface area contributed by atoms with Crippen LogP contribution in [-0.2, 0) is 4.79 Å². The summed E-state index contributed by atoms with van der Waals surface area (Å²) in [5, 5.41) is 12.6. The fourth-order valence-electron chi connectivity index (χ4n) is 2.12. The number of likely N-dealkylation sites (N-methyl/N-ethyl adjacent to an activating group) is 1. The number of phenolic OH excluding ortho intramolecular Hbond substituents is 1. The van der Waals surface area contributed by atoms with Crippen LogP contribution in [0.2, 0.25) is 0 Å². The van der Waals surface area contributed by atoms with E-state index in [1.165, 1.54) is 0 Å². The lowest BCUT2D eigenvalue weighted by molar-refractivity contribution is -0.117. The van der Waals surface area contributed by atoms with E-state index in [0.717, 1.165) is 12.1 Å². The number of rotatable bonds is 5. The van der Waals surface area contributed by atoms with Gasteiger partial charge in [0, 0.05) is 18.7 Å². The molecule has 0 unspecified atom stereocenters. The van der Waals surface area contributed by atoms with Crippen LogP contribution in [0.3, 0.4) is 0 Å². The summed E-state index contributed by atoms with van der Waals surface area (Å²) in [6.45, 7) is 0.392. The predicted molar refractivity (Wildman–Crippen MR) is 87.3 cm³/mol. The Morgan fingerprint density at radius 1 is 1.46 bits per heavy atom. The molecule has 2 amide bonds. The molecule has 1 aromatic carbocycles. The van der Waals surface area contributed by atoms with Gasteiger partial charge in [0.05, 0.1) is 0 Å². The van der Waals surface area contributed by atoms with Crippen molar-refractivity contribution < 1.29 is 28.2 Å². The highest BCUT2D eigenvalue weighted by Crippen LogP contribution is 2.49. The van der Waals surface area contributed by atoms with Crippen molar-refractivity contribution in [3.05, 3.63) is 23.5 Å². The standard InChI is InChI=1S/C13H19FN4O5S/c1-17(2)4-3-15-13(21)8-5-9(14)12(10(19)6-8)18-7-11(20)16-24(18,22)23/h5-6,19,22-23H,3-4,7H2,1-2H3,(H,15,21)(H,16,20). The normalized spacial score (nSPS) is 17.8. The lowest BCUT2D eigenvalue weighted by atomic mass is 10.1. The van der Waals surface area contributed by atoms with Gasteiger partial charge < -0.3 is 15.3 Å². The molecule has 0 radical (unpaired) electrons. The molecule has 5 N–H and O–H groups in total. The SMILES string of the molecule is CN(C)CCNC(=O)c1cc(O)c(N2CC(=O)NS2(O)O)c(F)c1. The summed E-state index contributed by atoms with van der Waals surface area (Å²) >= 11 is 0. The van der Waals surface area contributed by atoms with Crippen molar-refractivity contribution in [3.8, 4) is 5.75 Å². The maximum atomic E-state index is 14.3. The highest BCUT2D eigenvalue weighted by Gasteiger charge is 2.38. The summed E-state index contributed by atoms with van der Waals surface area (Å²) in [7, 11) is -0.104. The maximum Gasteiger partial charge on any atom is 0.260 e. The van der Waals surface area contributed by atoms with Crippen molar-refractivity contribution >= 4 is 28.5 Å². The summed E-state index contributed by atoms with van der Waals surface area (Å²) < 4.78 is 36.3. The van der Waals surface area contributed by atoms with Gasteiger partial charge in [0.15, 0.2) is 5.82 Å². The van der Waals surface area contributed by atoms with Crippen LogP contribution < -0.4 is 14.3 Å². The lowest BCUT2D eigenvalue weighted by Crippen LogP contribution is -2.31. The fourth-order valence-corrected chi connectivity index (χ4v) is 3.34. The molecule has 1 aliphatic heterocycles. The van der Waals surface area contributed by atoms with Gasteiger partial charge >= 0.3 is 0 Å². The second kappa shape index (κ2) is 6.81. The molecule has 24 heavy (non-hydrogen) atoms. The quantitative estimate of drug-likeness (QED) is 0.511. The van der Waals surface area contributed by atoms with Gasteiger partial charge in [0.25, 0.3) is 11.8 Å². The Bertz CT molecular complexity index is 647. The number of halogens is 1. The third kappa shape index (κ3) is 3.87. The van der Waals surface area contributed by atoms with E-state index in [9.17, 15) is 28.2 Å². The van der Waals surface area contributed by atoms with Gasteiger partial charge in [-0.05, 0) is 37.2 Å². The maximum absolute atomic E-state index is 14.3. The second-order valence-corrected chi connectivity index (χ2v) is 7.15. The first-order chi connectivity index (χ1) is 11.1. The Morgan fingerprint density at radius 2 is 2.12 bits per heavy atom. The van der Waals surface area contributed by atoms with E-state index in [2.05, 4.69) is 5.32 Å². The average molecular weight is 362 g/mol. The van der Waals surface area contributed by atoms with Gasteiger partial charge in [-0.3, -0.25) is 18.7 Å². The number of anilines is 1. The van der Waals surface area contributed by atoms with Crippen LogP contribution in [0.1, 0.15) is 10.4 Å². The monoisotopic (exact) mass is 362 g/mol. The van der Waals surface area contributed by atoms with Gasteiger partial charge in [-0.25, -0.2) is 13.4 Å². The van der Waals surface area contributed by atoms with E-state index in [1.54, 1.807) is 0 Å². The third-order valence-electron chi connectivity index (χ3n) is 3.24. The van der Waals surface area contributed by atoms with Crippen molar-refractivity contribution in [1.29, 1.82) is 0 Å². The minimum Gasteiger partial charge on any atom is -0.506 e. The van der Waals surface area contributed by atoms with Crippen LogP contribution in [0.4, 0.5) is 10.1 Å². The van der Waals surface area contributed by atoms with Crippen molar-refractivity contribution in [2.45, 2.75) is 0 Å². The summed E-state index contributed by atoms with van der Waals surface area (Å²) in [5.41, 5.74) is -0.680. The van der Waals surface area contributed by atoms with E-state index in [0.29, 0.717) is 17.4 Å². The number of amides is 2. The zero-order chi connectivity index (χ0) is 18.1. The van der Waals surface area contributed by atoms with E-state index in [4.69, 9.17) is 0 Å². The van der Waals surface area contributed by atoms with E-state index in [-0.39, 0.29) is 5.56 Å². The minimum atomic E-state index is -3.76. The molecule has 1 fully saturated rings. The number of hydrogen-bond acceptors (Lipinski definition) is 7. The second-order valence-electron chi connectivity index (χ2n) is 5.47. The number of nitrogens with one attached hydrogen (secondary N) is 2. The zero-order valence-electron chi connectivity index (χ0n) is 13.1. The molecule has 1 aliphatic rings. The molecule has 0 bridgehead atoms. The average Bonchev–Trinajstić information content (AvgIpc) is 2.70. The number of aromatic hydroxyl groups is 1. The Morgan fingerprint density at radius 3 is 2.62 bits per heavy atom. The van der Waals surface area contributed by atoms with Crippen LogP contribution >= 0.6 is 11.0 Å². The first-order valence-electron chi connectivity index (χ1n) is 6.93. The minimum absolute atomic E-state index is 0.123. The molecule has 0 saturated carbocycles. The van der Waals surface area contributed by atoms with Crippen LogP contribution in [0.15, 0.2) is 12.1 Å². The molecule has 9 nitrogen and oxygen atoms in total. The molecule has 0 atom stereocenters. The molecular weight excluding hydrogens is 343 g/mol. The largest absolute Gasteiger partial charge is 0.506 e. The number of benzene rings is 1. The number of hydrogen-bond donors (Lipinski definition) is 5. The lowest BCUT2D eigenvalue weighted by Gasteiger charge is -2.36. The van der Waals surface area contributed by atoms with Gasteiger partial charge in [-0.1, -0.05) is 0 Å². The van der Waals surface area contributed by atoms with Crippen LogP contribution in [0.25, 0.3) is 0 Å². The highest BCUT2D eigenvalue weighted by atomic mass is 32.3. The van der Waals surface area contributed by atoms with Gasteiger partial charge in [0.1, 0.15) is 18.0 Å². The van der Waals surface area contributed by atoms with Crippen molar-refractivity contribution in [3.63, 3.8) is 0 Å². The molecule has 0 aliphatic carbocycles. The molecule has 1 heterocycles. The molecule has 0 spiro atoms. The molecule has 0 aromatic heterocycles. The van der Waals surface area contributed by atoms with Crippen LogP contribution in [-0.4, -0.2) is 64.7 Å².